The van der Waals surface area contributed by atoms with Crippen LogP contribution in [0.25, 0.3) is 11.1 Å². The summed E-state index contributed by atoms with van der Waals surface area (Å²) in [6.45, 7) is 5.80. The van der Waals surface area contributed by atoms with Crippen molar-refractivity contribution >= 4 is 23.9 Å². The molecule has 0 unspecified atom stereocenters. The zero-order valence-electron chi connectivity index (χ0n) is 22.2. The highest BCUT2D eigenvalue weighted by molar-refractivity contribution is 5.93. The first kappa shape index (κ1) is 27.2. The second-order valence-corrected chi connectivity index (χ2v) is 10.1. The average Bonchev–Trinajstić information content (AvgIpc) is 3.21. The number of carboxylic acid groups (broad SMARTS) is 1. The highest BCUT2D eigenvalue weighted by Crippen LogP contribution is 2.44. The summed E-state index contributed by atoms with van der Waals surface area (Å²) >= 11 is 0. The number of ether oxygens (including phenoxy) is 1. The Morgan fingerprint density at radius 2 is 1.63 bits per heavy atom. The highest BCUT2D eigenvalue weighted by atomic mass is 16.5. The van der Waals surface area contributed by atoms with E-state index >= 15 is 0 Å². The van der Waals surface area contributed by atoms with Gasteiger partial charge in [-0.2, -0.15) is 0 Å². The molecule has 1 saturated heterocycles. The molecule has 0 bridgehead atoms. The van der Waals surface area contributed by atoms with Gasteiger partial charge in [0.15, 0.2) is 0 Å². The smallest absolute Gasteiger partial charge is 0.407 e. The summed E-state index contributed by atoms with van der Waals surface area (Å²) in [5, 5.41) is 12.0. The van der Waals surface area contributed by atoms with Crippen LogP contribution in [-0.2, 0) is 19.1 Å². The monoisotopic (exact) mass is 521 g/mol. The van der Waals surface area contributed by atoms with Crippen LogP contribution in [0.3, 0.4) is 0 Å². The number of nitrogens with zero attached hydrogens (tertiary/aromatic N) is 2. The molecule has 2 aromatic rings. The summed E-state index contributed by atoms with van der Waals surface area (Å²) in [7, 11) is 1.50. The van der Waals surface area contributed by atoms with Gasteiger partial charge in [-0.25, -0.2) is 9.59 Å². The molecule has 38 heavy (non-hydrogen) atoms. The summed E-state index contributed by atoms with van der Waals surface area (Å²) in [5.74, 6) is -2.24. The number of carboxylic acids is 1. The molecule has 1 aliphatic heterocycles. The Hall–Kier alpha value is -3.88. The standard InChI is InChI=1S/C29H35N3O6/c1-5-17(2)25(27(34)31(4)18(3)26(33)32-15-14-24(32)28(35)36)30-29(37)38-16-23-21-12-8-6-10-19(21)20-11-7-9-13-22(20)23/h6-13,17-18,23-25H,5,14-16H2,1-4H3,(H,30,37)(H,35,36)/t17-,18-,24-,25-/m0/s1. The third-order valence-electron chi connectivity index (χ3n) is 7.97. The van der Waals surface area contributed by atoms with Gasteiger partial charge in [0.05, 0.1) is 0 Å². The Kier molecular flexibility index (Phi) is 8.04. The van der Waals surface area contributed by atoms with E-state index in [-0.39, 0.29) is 18.4 Å². The third kappa shape index (κ3) is 5.10. The quantitative estimate of drug-likeness (QED) is 0.522. The summed E-state index contributed by atoms with van der Waals surface area (Å²) < 4.78 is 5.65. The maximum atomic E-state index is 13.4. The molecule has 1 fully saturated rings. The lowest BCUT2D eigenvalue weighted by Crippen LogP contribution is -2.61. The molecule has 0 spiro atoms. The largest absolute Gasteiger partial charge is 0.480 e. The van der Waals surface area contributed by atoms with Crippen molar-refractivity contribution in [3.8, 4) is 11.1 Å². The van der Waals surface area contributed by atoms with Crippen LogP contribution >= 0.6 is 0 Å². The second-order valence-electron chi connectivity index (χ2n) is 10.1. The molecule has 4 rings (SSSR count). The molecule has 0 radical (unpaired) electrons. The molecule has 202 valence electrons. The van der Waals surface area contributed by atoms with E-state index < -0.39 is 42.0 Å². The predicted octanol–water partition coefficient (Wildman–Crippen LogP) is 3.47. The normalized spacial score (nSPS) is 18.3. The van der Waals surface area contributed by atoms with Gasteiger partial charge in [0.2, 0.25) is 11.8 Å². The van der Waals surface area contributed by atoms with E-state index in [0.717, 1.165) is 22.3 Å². The topological polar surface area (TPSA) is 116 Å². The number of rotatable bonds is 9. The zero-order chi connectivity index (χ0) is 27.6. The molecule has 2 aliphatic rings. The minimum absolute atomic E-state index is 0.107. The second kappa shape index (κ2) is 11.2. The van der Waals surface area contributed by atoms with Crippen molar-refractivity contribution in [2.24, 2.45) is 5.92 Å². The van der Waals surface area contributed by atoms with Crippen molar-refractivity contribution in [3.63, 3.8) is 0 Å². The van der Waals surface area contributed by atoms with Crippen LogP contribution in [0.2, 0.25) is 0 Å². The Morgan fingerprint density at radius 1 is 1.05 bits per heavy atom. The lowest BCUT2D eigenvalue weighted by Gasteiger charge is -2.41. The van der Waals surface area contributed by atoms with Gasteiger partial charge in [-0.3, -0.25) is 9.59 Å². The van der Waals surface area contributed by atoms with Crippen molar-refractivity contribution in [2.75, 3.05) is 20.2 Å². The number of likely N-dealkylation sites (N-methyl/N-ethyl adjacent to an activating group) is 1. The van der Waals surface area contributed by atoms with Gasteiger partial charge in [0.1, 0.15) is 24.7 Å². The molecule has 2 N–H and O–H groups in total. The van der Waals surface area contributed by atoms with Crippen molar-refractivity contribution in [1.82, 2.24) is 15.1 Å². The zero-order valence-corrected chi connectivity index (χ0v) is 22.2. The fourth-order valence-electron chi connectivity index (χ4n) is 5.17. The van der Waals surface area contributed by atoms with E-state index in [2.05, 4.69) is 17.4 Å². The van der Waals surface area contributed by atoms with E-state index in [1.165, 1.54) is 16.8 Å². The van der Waals surface area contributed by atoms with Gasteiger partial charge < -0.3 is 25.0 Å². The minimum Gasteiger partial charge on any atom is -0.480 e. The van der Waals surface area contributed by atoms with Crippen molar-refractivity contribution in [2.45, 2.75) is 57.7 Å². The maximum Gasteiger partial charge on any atom is 0.407 e. The predicted molar refractivity (Wildman–Crippen MR) is 141 cm³/mol. The van der Waals surface area contributed by atoms with Gasteiger partial charge in [-0.05, 0) is 41.5 Å². The van der Waals surface area contributed by atoms with Crippen LogP contribution in [0.5, 0.6) is 0 Å². The number of nitrogens with one attached hydrogen (secondary N) is 1. The highest BCUT2D eigenvalue weighted by Gasteiger charge is 2.42. The number of carbonyl (C=O) groups is 4. The van der Waals surface area contributed by atoms with Crippen LogP contribution in [-0.4, -0.2) is 77.1 Å². The Balaban J connectivity index is 1.41. The lowest BCUT2D eigenvalue weighted by molar-refractivity contribution is -0.160. The van der Waals surface area contributed by atoms with E-state index in [0.29, 0.717) is 19.4 Å². The molecule has 9 nitrogen and oxygen atoms in total. The number of likely N-dealkylation sites (tertiary alicyclic amines) is 1. The van der Waals surface area contributed by atoms with Gasteiger partial charge in [0, 0.05) is 19.5 Å². The molecule has 0 saturated carbocycles. The van der Waals surface area contributed by atoms with Crippen LogP contribution in [0.15, 0.2) is 48.5 Å². The summed E-state index contributed by atoms with van der Waals surface area (Å²) in [6.07, 6.45) is 0.305. The number of carbonyl (C=O) groups excluding carboxylic acids is 3. The molecule has 3 amide bonds. The fourth-order valence-corrected chi connectivity index (χ4v) is 5.17. The van der Waals surface area contributed by atoms with Crippen molar-refractivity contribution < 1.29 is 29.0 Å². The van der Waals surface area contributed by atoms with E-state index in [4.69, 9.17) is 4.74 Å². The summed E-state index contributed by atoms with van der Waals surface area (Å²) in [4.78, 5) is 53.1. The number of hydrogen-bond donors (Lipinski definition) is 2. The summed E-state index contributed by atoms with van der Waals surface area (Å²) in [5.41, 5.74) is 4.43. The van der Waals surface area contributed by atoms with Gasteiger partial charge in [-0.15, -0.1) is 0 Å². The summed E-state index contributed by atoms with van der Waals surface area (Å²) in [6, 6.07) is 13.5. The average molecular weight is 522 g/mol. The van der Waals surface area contributed by atoms with Crippen molar-refractivity contribution in [3.05, 3.63) is 59.7 Å². The van der Waals surface area contributed by atoms with E-state index in [1.807, 2.05) is 50.2 Å². The number of alkyl carbamates (subject to hydrolysis) is 1. The van der Waals surface area contributed by atoms with E-state index in [1.54, 1.807) is 6.92 Å². The maximum absolute atomic E-state index is 13.4. The molecular formula is C29H35N3O6. The molecular weight excluding hydrogens is 486 g/mol. The Morgan fingerprint density at radius 3 is 2.13 bits per heavy atom. The number of hydrogen-bond acceptors (Lipinski definition) is 5. The molecule has 9 heteroatoms. The lowest BCUT2D eigenvalue weighted by atomic mass is 9.97. The van der Waals surface area contributed by atoms with Crippen LogP contribution < -0.4 is 5.32 Å². The number of benzene rings is 2. The molecule has 0 aromatic heterocycles. The third-order valence-corrected chi connectivity index (χ3v) is 7.97. The number of amides is 3. The van der Waals surface area contributed by atoms with Gasteiger partial charge in [-0.1, -0.05) is 68.8 Å². The van der Waals surface area contributed by atoms with Gasteiger partial charge >= 0.3 is 12.1 Å². The number of fused-ring (bicyclic) bond motifs is 3. The Bertz CT molecular complexity index is 1180. The van der Waals surface area contributed by atoms with Gasteiger partial charge in [0.25, 0.3) is 0 Å². The number of aliphatic carboxylic acids is 1. The van der Waals surface area contributed by atoms with Crippen molar-refractivity contribution in [1.29, 1.82) is 0 Å². The first-order valence-corrected chi connectivity index (χ1v) is 13.1. The van der Waals surface area contributed by atoms with Crippen LogP contribution in [0.1, 0.15) is 50.7 Å². The molecule has 2 aromatic carbocycles. The first-order chi connectivity index (χ1) is 18.1. The Labute approximate surface area is 222 Å². The first-order valence-electron chi connectivity index (χ1n) is 13.1. The minimum atomic E-state index is -1.06. The molecule has 1 heterocycles. The van der Waals surface area contributed by atoms with Crippen LogP contribution in [0.4, 0.5) is 4.79 Å². The molecule has 1 aliphatic carbocycles. The SMILES string of the molecule is CC[C@H](C)[C@H](NC(=O)OCC1c2ccccc2-c2ccccc21)C(=O)N(C)[C@@H](C)C(=O)N1CC[C@H]1C(=O)O. The molecule has 4 atom stereocenters. The van der Waals surface area contributed by atoms with Crippen LogP contribution in [0, 0.1) is 5.92 Å². The fraction of sp³-hybridized carbons (Fsp3) is 0.448. The van der Waals surface area contributed by atoms with E-state index in [9.17, 15) is 24.3 Å².